The second-order valence-corrected chi connectivity index (χ2v) is 4.59. The molecule has 0 spiro atoms. The summed E-state index contributed by atoms with van der Waals surface area (Å²) >= 11 is 0. The fraction of sp³-hybridized carbons (Fsp3) is 0.786. The van der Waals surface area contributed by atoms with E-state index in [0.717, 1.165) is 6.42 Å². The van der Waals surface area contributed by atoms with Crippen LogP contribution in [-0.4, -0.2) is 82.6 Å². The third-order valence-electron chi connectivity index (χ3n) is 2.59. The Morgan fingerprint density at radius 1 is 0.917 bits per heavy atom. The van der Waals surface area contributed by atoms with Crippen molar-refractivity contribution in [3.05, 3.63) is 0 Å². The molecule has 2 unspecified atom stereocenters. The van der Waals surface area contributed by atoms with Gasteiger partial charge in [-0.2, -0.15) is 0 Å². The number of hydrogen-bond donors (Lipinski definition) is 5. The predicted molar refractivity (Wildman–Crippen MR) is 80.7 cm³/mol. The van der Waals surface area contributed by atoms with E-state index >= 15 is 0 Å². The van der Waals surface area contributed by atoms with Crippen LogP contribution in [0.5, 0.6) is 0 Å². The monoisotopic (exact) mass is 354 g/mol. The molecule has 0 aromatic rings. The van der Waals surface area contributed by atoms with E-state index in [1.807, 2.05) is 6.92 Å². The summed E-state index contributed by atoms with van der Waals surface area (Å²) in [5.74, 6) is -5.91. The summed E-state index contributed by atoms with van der Waals surface area (Å²) < 4.78 is 9.56. The molecule has 0 aromatic heterocycles. The van der Waals surface area contributed by atoms with Crippen molar-refractivity contribution < 1.29 is 49.4 Å². The molecule has 0 saturated carbocycles. The molecular weight excluding hydrogens is 328 g/mol. The predicted octanol–water partition coefficient (Wildman–Crippen LogP) is -0.581. The fourth-order valence-electron chi connectivity index (χ4n) is 1.46. The number of aliphatic hydroxyl groups is 2. The minimum absolute atomic E-state index is 0.0278. The normalized spacial score (nSPS) is 12.6. The van der Waals surface area contributed by atoms with Crippen molar-refractivity contribution in [1.82, 2.24) is 0 Å². The zero-order valence-electron chi connectivity index (χ0n) is 13.6. The molecule has 142 valence electrons. The molecule has 0 rings (SSSR count). The van der Waals surface area contributed by atoms with E-state index < -0.39 is 36.4 Å². The lowest BCUT2D eigenvalue weighted by molar-refractivity contribution is -0.166. The Morgan fingerprint density at radius 3 is 1.79 bits per heavy atom. The number of carbonyl (C=O) groups is 3. The molecule has 0 amide bonds. The summed E-state index contributed by atoms with van der Waals surface area (Å²) in [5.41, 5.74) is 0. The number of aliphatic hydroxyl groups excluding tert-OH is 2. The van der Waals surface area contributed by atoms with Crippen LogP contribution < -0.4 is 0 Å². The number of carboxylic acid groups (broad SMARTS) is 3. The standard InChI is InChI=1S/C10H16O7.C4H10O3/c1-2-3-4-17-8(10(15)16)6(9(13)14)5-7(11)12;5-1-3-7-4-2-6/h6,8H,2-5H2,1H3,(H,11,12)(H,13,14)(H,15,16);5-6H,1-4H2. The fourth-order valence-corrected chi connectivity index (χ4v) is 1.46. The molecule has 0 radical (unpaired) electrons. The number of ether oxygens (including phenoxy) is 2. The van der Waals surface area contributed by atoms with Gasteiger partial charge in [0.05, 0.1) is 32.8 Å². The van der Waals surface area contributed by atoms with Gasteiger partial charge >= 0.3 is 17.9 Å². The number of hydrogen-bond acceptors (Lipinski definition) is 7. The third-order valence-corrected chi connectivity index (χ3v) is 2.59. The average molecular weight is 354 g/mol. The lowest BCUT2D eigenvalue weighted by Crippen LogP contribution is -2.38. The molecule has 0 saturated heterocycles. The largest absolute Gasteiger partial charge is 0.481 e. The number of rotatable bonds is 13. The first-order valence-corrected chi connectivity index (χ1v) is 7.40. The van der Waals surface area contributed by atoms with Crippen molar-refractivity contribution in [1.29, 1.82) is 0 Å². The van der Waals surface area contributed by atoms with Gasteiger partial charge in [0, 0.05) is 6.61 Å². The summed E-state index contributed by atoms with van der Waals surface area (Å²) in [6.45, 7) is 2.66. The summed E-state index contributed by atoms with van der Waals surface area (Å²) in [6, 6.07) is 0. The van der Waals surface area contributed by atoms with E-state index in [9.17, 15) is 14.4 Å². The highest BCUT2D eigenvalue weighted by Gasteiger charge is 2.36. The Balaban J connectivity index is 0. The van der Waals surface area contributed by atoms with Gasteiger partial charge in [-0.3, -0.25) is 9.59 Å². The SMILES string of the molecule is CCCCOC(C(=O)O)C(CC(=O)O)C(=O)O.OCCOCCO. The smallest absolute Gasteiger partial charge is 0.333 e. The van der Waals surface area contributed by atoms with Gasteiger partial charge in [0.2, 0.25) is 0 Å². The van der Waals surface area contributed by atoms with Gasteiger partial charge < -0.3 is 35.0 Å². The zero-order chi connectivity index (χ0) is 19.0. The first kappa shape index (κ1) is 24.5. The average Bonchev–Trinajstić information content (AvgIpc) is 2.50. The van der Waals surface area contributed by atoms with Gasteiger partial charge in [0.15, 0.2) is 6.10 Å². The molecule has 10 nitrogen and oxygen atoms in total. The Hall–Kier alpha value is -1.75. The van der Waals surface area contributed by atoms with Gasteiger partial charge in [-0.1, -0.05) is 13.3 Å². The Morgan fingerprint density at radius 2 is 1.46 bits per heavy atom. The van der Waals surface area contributed by atoms with Crippen LogP contribution >= 0.6 is 0 Å². The number of carboxylic acids is 3. The van der Waals surface area contributed by atoms with Crippen LogP contribution in [0.2, 0.25) is 0 Å². The first-order valence-electron chi connectivity index (χ1n) is 7.40. The van der Waals surface area contributed by atoms with Crippen LogP contribution in [0.1, 0.15) is 26.2 Å². The minimum Gasteiger partial charge on any atom is -0.481 e. The summed E-state index contributed by atoms with van der Waals surface area (Å²) in [4.78, 5) is 32.1. The van der Waals surface area contributed by atoms with E-state index in [2.05, 4.69) is 4.74 Å². The highest BCUT2D eigenvalue weighted by Crippen LogP contribution is 2.14. The molecule has 0 aliphatic heterocycles. The van der Waals surface area contributed by atoms with Crippen molar-refractivity contribution >= 4 is 17.9 Å². The van der Waals surface area contributed by atoms with Crippen molar-refractivity contribution in [3.8, 4) is 0 Å². The van der Waals surface area contributed by atoms with Crippen molar-refractivity contribution in [2.24, 2.45) is 5.92 Å². The summed E-state index contributed by atoms with van der Waals surface area (Å²) in [6.07, 6.45) is -1.06. The van der Waals surface area contributed by atoms with E-state index in [0.29, 0.717) is 19.6 Å². The van der Waals surface area contributed by atoms with E-state index in [1.165, 1.54) is 0 Å². The topological polar surface area (TPSA) is 171 Å². The molecule has 0 aliphatic rings. The maximum atomic E-state index is 10.8. The molecule has 24 heavy (non-hydrogen) atoms. The molecule has 10 heteroatoms. The van der Waals surface area contributed by atoms with Gasteiger partial charge in [-0.25, -0.2) is 4.79 Å². The number of aliphatic carboxylic acids is 3. The van der Waals surface area contributed by atoms with Gasteiger partial charge in [0.25, 0.3) is 0 Å². The van der Waals surface area contributed by atoms with Crippen LogP contribution in [0.25, 0.3) is 0 Å². The van der Waals surface area contributed by atoms with Crippen molar-refractivity contribution in [2.75, 3.05) is 33.0 Å². The second kappa shape index (κ2) is 16.1. The minimum atomic E-state index is -1.63. The summed E-state index contributed by atoms with van der Waals surface area (Å²) in [5, 5.41) is 42.3. The van der Waals surface area contributed by atoms with E-state index in [-0.39, 0.29) is 19.8 Å². The van der Waals surface area contributed by atoms with Gasteiger partial charge in [0.1, 0.15) is 5.92 Å². The molecule has 2 atom stereocenters. The van der Waals surface area contributed by atoms with Gasteiger partial charge in [-0.05, 0) is 6.42 Å². The van der Waals surface area contributed by atoms with Gasteiger partial charge in [-0.15, -0.1) is 0 Å². The van der Waals surface area contributed by atoms with Crippen LogP contribution in [0.15, 0.2) is 0 Å². The summed E-state index contributed by atoms with van der Waals surface area (Å²) in [7, 11) is 0. The lowest BCUT2D eigenvalue weighted by atomic mass is 9.98. The highest BCUT2D eigenvalue weighted by molar-refractivity contribution is 5.85. The third kappa shape index (κ3) is 13.9. The Labute approximate surface area is 139 Å². The Kier molecular flexibility index (Phi) is 16.5. The Bertz CT molecular complexity index is 353. The molecule has 5 N–H and O–H groups in total. The molecule has 0 aliphatic carbocycles. The van der Waals surface area contributed by atoms with E-state index in [1.54, 1.807) is 0 Å². The van der Waals surface area contributed by atoms with Crippen molar-refractivity contribution in [3.63, 3.8) is 0 Å². The lowest BCUT2D eigenvalue weighted by Gasteiger charge is -2.19. The highest BCUT2D eigenvalue weighted by atomic mass is 16.5. The quantitative estimate of drug-likeness (QED) is 0.269. The molecule has 0 heterocycles. The van der Waals surface area contributed by atoms with Crippen LogP contribution in [-0.2, 0) is 23.9 Å². The van der Waals surface area contributed by atoms with E-state index in [4.69, 9.17) is 30.3 Å². The van der Waals surface area contributed by atoms with Crippen LogP contribution in [0, 0.1) is 5.92 Å². The second-order valence-electron chi connectivity index (χ2n) is 4.59. The number of unbranched alkanes of at least 4 members (excludes halogenated alkanes) is 1. The molecule has 0 fully saturated rings. The molecule has 0 aromatic carbocycles. The van der Waals surface area contributed by atoms with Crippen LogP contribution in [0.3, 0.4) is 0 Å². The maximum absolute atomic E-state index is 10.8. The zero-order valence-corrected chi connectivity index (χ0v) is 13.6. The molecule has 0 bridgehead atoms. The maximum Gasteiger partial charge on any atom is 0.333 e. The van der Waals surface area contributed by atoms with Crippen LogP contribution in [0.4, 0.5) is 0 Å². The molecular formula is C14H26O10. The van der Waals surface area contributed by atoms with Crippen molar-refractivity contribution in [2.45, 2.75) is 32.3 Å². The first-order chi connectivity index (χ1) is 11.3.